The summed E-state index contributed by atoms with van der Waals surface area (Å²) in [6.07, 6.45) is 0.761. The molecule has 3 aromatic rings. The third-order valence-electron chi connectivity index (χ3n) is 4.17. The minimum atomic E-state index is 0.312. The van der Waals surface area contributed by atoms with Crippen LogP contribution in [-0.4, -0.2) is 5.11 Å². The van der Waals surface area contributed by atoms with E-state index in [9.17, 15) is 5.11 Å². The van der Waals surface area contributed by atoms with E-state index in [-0.39, 0.29) is 0 Å². The number of fused-ring (bicyclic) bond motifs is 3. The van der Waals surface area contributed by atoms with E-state index in [1.807, 2.05) is 48.5 Å². The molecule has 1 aliphatic rings. The average molecular weight is 273 g/mol. The molecule has 0 radical (unpaired) electrons. The lowest BCUT2D eigenvalue weighted by Gasteiger charge is -2.13. The zero-order valence-electron chi connectivity index (χ0n) is 11.5. The molecule has 2 nitrogen and oxygen atoms in total. The van der Waals surface area contributed by atoms with E-state index in [1.54, 1.807) is 0 Å². The summed E-state index contributed by atoms with van der Waals surface area (Å²) in [6, 6.07) is 20.0. The first-order chi connectivity index (χ1) is 10.3. The molecule has 0 heterocycles. The molecule has 0 saturated heterocycles. The lowest BCUT2D eigenvalue weighted by atomic mass is 9.95. The van der Waals surface area contributed by atoms with Crippen molar-refractivity contribution in [1.82, 2.24) is 0 Å². The number of phenols is 1. The summed E-state index contributed by atoms with van der Waals surface area (Å²) < 4.78 is 0. The highest BCUT2D eigenvalue weighted by Crippen LogP contribution is 2.47. The first-order valence-corrected chi connectivity index (χ1v) is 7.03. The van der Waals surface area contributed by atoms with E-state index < -0.39 is 0 Å². The predicted octanol–water partition coefficient (Wildman–Crippen LogP) is 4.21. The second kappa shape index (κ2) is 4.38. The lowest BCUT2D eigenvalue weighted by molar-refractivity contribution is 0.472. The molecule has 3 aromatic carbocycles. The van der Waals surface area contributed by atoms with Gasteiger partial charge < -0.3 is 10.8 Å². The van der Waals surface area contributed by atoms with E-state index >= 15 is 0 Å². The van der Waals surface area contributed by atoms with Gasteiger partial charge in [-0.2, -0.15) is 0 Å². The minimum absolute atomic E-state index is 0.312. The second-order valence-corrected chi connectivity index (χ2v) is 5.42. The molecule has 102 valence electrons. The third-order valence-corrected chi connectivity index (χ3v) is 4.17. The van der Waals surface area contributed by atoms with Crippen LogP contribution in [-0.2, 0) is 6.42 Å². The second-order valence-electron chi connectivity index (χ2n) is 5.42. The van der Waals surface area contributed by atoms with Crippen LogP contribution in [0.5, 0.6) is 5.75 Å². The van der Waals surface area contributed by atoms with Crippen molar-refractivity contribution in [3.05, 3.63) is 71.8 Å². The SMILES string of the molecule is Nc1cc2c(c(O)c1-c1ccccc1)Cc1ccccc1-2. The number of rotatable bonds is 1. The molecular formula is C19H15NO. The number of aromatic hydroxyl groups is 1. The van der Waals surface area contributed by atoms with E-state index in [2.05, 4.69) is 12.1 Å². The smallest absolute Gasteiger partial charge is 0.129 e. The van der Waals surface area contributed by atoms with Crippen LogP contribution in [0.3, 0.4) is 0 Å². The van der Waals surface area contributed by atoms with Crippen LogP contribution in [0.1, 0.15) is 11.1 Å². The Morgan fingerprint density at radius 2 is 1.57 bits per heavy atom. The Morgan fingerprint density at radius 3 is 2.38 bits per heavy atom. The van der Waals surface area contributed by atoms with Gasteiger partial charge in [0.2, 0.25) is 0 Å². The Hall–Kier alpha value is -2.74. The van der Waals surface area contributed by atoms with E-state index in [1.165, 1.54) is 11.1 Å². The molecule has 0 spiro atoms. The number of hydrogen-bond acceptors (Lipinski definition) is 2. The van der Waals surface area contributed by atoms with Crippen molar-refractivity contribution in [2.45, 2.75) is 6.42 Å². The molecule has 0 fully saturated rings. The van der Waals surface area contributed by atoms with Crippen LogP contribution in [0, 0.1) is 0 Å². The zero-order chi connectivity index (χ0) is 14.4. The Bertz CT molecular complexity index is 838. The van der Waals surface area contributed by atoms with Crippen molar-refractivity contribution in [2.24, 2.45) is 0 Å². The maximum absolute atomic E-state index is 10.7. The highest BCUT2D eigenvalue weighted by Gasteiger charge is 2.24. The van der Waals surface area contributed by atoms with Gasteiger partial charge in [0.25, 0.3) is 0 Å². The summed E-state index contributed by atoms with van der Waals surface area (Å²) in [4.78, 5) is 0. The fourth-order valence-electron chi connectivity index (χ4n) is 3.19. The minimum Gasteiger partial charge on any atom is -0.507 e. The molecule has 3 N–H and O–H groups in total. The highest BCUT2D eigenvalue weighted by molar-refractivity contribution is 5.91. The largest absolute Gasteiger partial charge is 0.507 e. The van der Waals surface area contributed by atoms with Gasteiger partial charge >= 0.3 is 0 Å². The molecule has 0 saturated carbocycles. The summed E-state index contributed by atoms with van der Waals surface area (Å²) in [7, 11) is 0. The summed E-state index contributed by atoms with van der Waals surface area (Å²) in [5, 5.41) is 10.7. The Morgan fingerprint density at radius 1 is 0.857 bits per heavy atom. The average Bonchev–Trinajstić information content (AvgIpc) is 2.88. The predicted molar refractivity (Wildman–Crippen MR) is 86.2 cm³/mol. The van der Waals surface area contributed by atoms with Gasteiger partial charge in [-0.1, -0.05) is 54.6 Å². The summed E-state index contributed by atoms with van der Waals surface area (Å²) in [5.41, 5.74) is 13.0. The normalized spacial score (nSPS) is 12.0. The molecule has 2 heteroatoms. The van der Waals surface area contributed by atoms with Gasteiger partial charge in [-0.05, 0) is 28.3 Å². The number of phenolic OH excluding ortho intramolecular Hbond substituents is 1. The van der Waals surface area contributed by atoms with Gasteiger partial charge in [0.1, 0.15) is 5.75 Å². The van der Waals surface area contributed by atoms with Gasteiger partial charge in [0.15, 0.2) is 0 Å². The van der Waals surface area contributed by atoms with Gasteiger partial charge in [-0.15, -0.1) is 0 Å². The molecule has 0 atom stereocenters. The molecule has 0 unspecified atom stereocenters. The number of nitrogen functional groups attached to an aromatic ring is 1. The number of anilines is 1. The van der Waals surface area contributed by atoms with Crippen molar-refractivity contribution in [3.63, 3.8) is 0 Å². The van der Waals surface area contributed by atoms with Gasteiger partial charge in [-0.25, -0.2) is 0 Å². The maximum atomic E-state index is 10.7. The monoisotopic (exact) mass is 273 g/mol. The molecule has 0 bridgehead atoms. The first kappa shape index (κ1) is 12.0. The highest BCUT2D eigenvalue weighted by atomic mass is 16.3. The van der Waals surface area contributed by atoms with Gasteiger partial charge in [0, 0.05) is 23.2 Å². The molecule has 0 aliphatic heterocycles. The molecule has 21 heavy (non-hydrogen) atoms. The van der Waals surface area contributed by atoms with Crippen LogP contribution in [0.25, 0.3) is 22.3 Å². The van der Waals surface area contributed by atoms with Crippen molar-refractivity contribution in [2.75, 3.05) is 5.73 Å². The first-order valence-electron chi connectivity index (χ1n) is 7.03. The van der Waals surface area contributed by atoms with Crippen molar-refractivity contribution in [1.29, 1.82) is 0 Å². The number of nitrogens with two attached hydrogens (primary N) is 1. The van der Waals surface area contributed by atoms with E-state index in [0.717, 1.165) is 28.7 Å². The summed E-state index contributed by atoms with van der Waals surface area (Å²) >= 11 is 0. The van der Waals surface area contributed by atoms with Gasteiger partial charge in [-0.3, -0.25) is 0 Å². The Kier molecular flexibility index (Phi) is 2.51. The standard InChI is InChI=1S/C19H15NO/c20-17-11-15-14-9-5-4-8-13(14)10-16(15)19(21)18(17)12-6-2-1-3-7-12/h1-9,11,21H,10,20H2. The molecule has 0 amide bonds. The lowest BCUT2D eigenvalue weighted by Crippen LogP contribution is -1.94. The van der Waals surface area contributed by atoms with Gasteiger partial charge in [0.05, 0.1) is 0 Å². The summed E-state index contributed by atoms with van der Waals surface area (Å²) in [5.74, 6) is 0.312. The van der Waals surface area contributed by atoms with Crippen molar-refractivity contribution >= 4 is 5.69 Å². The third kappa shape index (κ3) is 1.73. The molecule has 4 rings (SSSR count). The van der Waals surface area contributed by atoms with Crippen LogP contribution in [0.15, 0.2) is 60.7 Å². The Labute approximate surface area is 123 Å². The van der Waals surface area contributed by atoms with Crippen LogP contribution >= 0.6 is 0 Å². The zero-order valence-corrected chi connectivity index (χ0v) is 11.5. The number of benzene rings is 3. The van der Waals surface area contributed by atoms with E-state index in [0.29, 0.717) is 11.4 Å². The quantitative estimate of drug-likeness (QED) is 0.510. The summed E-state index contributed by atoms with van der Waals surface area (Å²) in [6.45, 7) is 0. The maximum Gasteiger partial charge on any atom is 0.129 e. The van der Waals surface area contributed by atoms with Crippen molar-refractivity contribution in [3.8, 4) is 28.0 Å². The fraction of sp³-hybridized carbons (Fsp3) is 0.0526. The molecular weight excluding hydrogens is 258 g/mol. The topological polar surface area (TPSA) is 46.2 Å². The van der Waals surface area contributed by atoms with E-state index in [4.69, 9.17) is 5.73 Å². The Balaban J connectivity index is 1.98. The number of hydrogen-bond donors (Lipinski definition) is 2. The molecule has 0 aromatic heterocycles. The van der Waals surface area contributed by atoms with Crippen LogP contribution in [0.4, 0.5) is 5.69 Å². The fourth-order valence-corrected chi connectivity index (χ4v) is 3.19. The van der Waals surface area contributed by atoms with Crippen LogP contribution < -0.4 is 5.73 Å². The van der Waals surface area contributed by atoms with Crippen molar-refractivity contribution < 1.29 is 5.11 Å². The molecule has 1 aliphatic carbocycles. The van der Waals surface area contributed by atoms with Crippen LogP contribution in [0.2, 0.25) is 0 Å².